The Morgan fingerprint density at radius 3 is 2.85 bits per heavy atom. The van der Waals surface area contributed by atoms with Crippen LogP contribution in [-0.2, 0) is 13.6 Å². The molecule has 0 fully saturated rings. The summed E-state index contributed by atoms with van der Waals surface area (Å²) < 4.78 is 3.74. The van der Waals surface area contributed by atoms with Crippen LogP contribution in [0.2, 0.25) is 0 Å². The molecule has 0 aliphatic carbocycles. The largest absolute Gasteiger partial charge is 0.397 e. The predicted molar refractivity (Wildman–Crippen MR) is 107 cm³/mol. The van der Waals surface area contributed by atoms with Gasteiger partial charge in [0.1, 0.15) is 0 Å². The fourth-order valence-corrected chi connectivity index (χ4v) is 3.44. The molecule has 0 aromatic carbocycles. The van der Waals surface area contributed by atoms with Gasteiger partial charge < -0.3 is 11.5 Å². The number of pyridine rings is 1. The van der Waals surface area contributed by atoms with Gasteiger partial charge >= 0.3 is 0 Å². The van der Waals surface area contributed by atoms with E-state index in [0.717, 1.165) is 45.8 Å². The van der Waals surface area contributed by atoms with Crippen molar-refractivity contribution in [1.29, 1.82) is 0 Å². The van der Waals surface area contributed by atoms with Gasteiger partial charge in [0.2, 0.25) is 0 Å². The minimum atomic E-state index is 0.330. The van der Waals surface area contributed by atoms with Crippen LogP contribution in [0, 0.1) is 0 Å². The van der Waals surface area contributed by atoms with E-state index in [1.54, 1.807) is 10.9 Å². The summed E-state index contributed by atoms with van der Waals surface area (Å²) in [7, 11) is 1.89. The first kappa shape index (κ1) is 17.2. The summed E-state index contributed by atoms with van der Waals surface area (Å²) in [6, 6.07) is 3.88. The summed E-state index contributed by atoms with van der Waals surface area (Å²) in [4.78, 5) is 9.56. The topological polar surface area (TPSA) is 113 Å². The summed E-state index contributed by atoms with van der Waals surface area (Å²) in [5, 5.41) is 9.67. The zero-order valence-corrected chi connectivity index (χ0v) is 15.5. The molecular weight excluding hydrogens is 340 g/mol. The maximum absolute atomic E-state index is 6.02. The van der Waals surface area contributed by atoms with E-state index in [0.29, 0.717) is 24.4 Å². The lowest BCUT2D eigenvalue weighted by atomic mass is 10.0. The molecule has 0 spiro atoms. The van der Waals surface area contributed by atoms with Crippen molar-refractivity contribution in [2.24, 2.45) is 23.5 Å². The number of aryl methyl sites for hydroxylation is 2. The predicted octanol–water partition coefficient (Wildman–Crippen LogP) is 1.68. The normalized spacial score (nSPS) is 14.3. The first-order chi connectivity index (χ1) is 13.0. The first-order valence-electron chi connectivity index (χ1n) is 8.83. The average molecular weight is 362 g/mol. The molecule has 8 nitrogen and oxygen atoms in total. The van der Waals surface area contributed by atoms with Crippen molar-refractivity contribution in [3.05, 3.63) is 53.9 Å². The summed E-state index contributed by atoms with van der Waals surface area (Å²) in [6.45, 7) is 7.00. The molecule has 0 saturated carbocycles. The molecule has 1 aliphatic rings. The molecule has 3 aromatic heterocycles. The highest BCUT2D eigenvalue weighted by molar-refractivity contribution is 6.10. The van der Waals surface area contributed by atoms with E-state index in [-0.39, 0.29) is 0 Å². The van der Waals surface area contributed by atoms with Crippen LogP contribution >= 0.6 is 0 Å². The highest BCUT2D eigenvalue weighted by atomic mass is 15.3. The van der Waals surface area contributed by atoms with E-state index in [1.165, 1.54) is 0 Å². The molecule has 0 unspecified atom stereocenters. The minimum Gasteiger partial charge on any atom is -0.397 e. The van der Waals surface area contributed by atoms with Crippen molar-refractivity contribution in [3.8, 4) is 0 Å². The van der Waals surface area contributed by atoms with Gasteiger partial charge in [-0.15, -0.1) is 0 Å². The number of hydrogen-bond acceptors (Lipinski definition) is 6. The molecule has 0 amide bonds. The maximum Gasteiger partial charge on any atom is 0.0882 e. The van der Waals surface area contributed by atoms with Crippen molar-refractivity contribution in [1.82, 2.24) is 24.5 Å². The number of fused-ring (bicyclic) bond motifs is 1. The molecule has 4 N–H and O–H groups in total. The molecule has 0 bridgehead atoms. The van der Waals surface area contributed by atoms with E-state index >= 15 is 0 Å². The lowest BCUT2D eigenvalue weighted by Crippen LogP contribution is -2.09. The first-order valence-corrected chi connectivity index (χ1v) is 8.83. The third-order valence-electron chi connectivity index (χ3n) is 4.83. The number of rotatable bonds is 5. The summed E-state index contributed by atoms with van der Waals surface area (Å²) in [6.07, 6.45) is 4.24. The Morgan fingerprint density at radius 1 is 1.33 bits per heavy atom. The molecule has 3 aromatic rings. The van der Waals surface area contributed by atoms with Crippen molar-refractivity contribution < 1.29 is 0 Å². The molecule has 4 rings (SSSR count). The molecule has 1 aliphatic heterocycles. The minimum absolute atomic E-state index is 0.330. The fourth-order valence-electron chi connectivity index (χ4n) is 3.44. The molecule has 27 heavy (non-hydrogen) atoms. The van der Waals surface area contributed by atoms with Gasteiger partial charge in [-0.2, -0.15) is 10.2 Å². The summed E-state index contributed by atoms with van der Waals surface area (Å²) in [5.74, 6) is 0. The van der Waals surface area contributed by atoms with Crippen molar-refractivity contribution in [3.63, 3.8) is 0 Å². The number of aliphatic imine (C=N–C) groups is 1. The molecule has 4 heterocycles. The van der Waals surface area contributed by atoms with Gasteiger partial charge in [0, 0.05) is 43.7 Å². The Morgan fingerprint density at radius 2 is 2.15 bits per heavy atom. The van der Waals surface area contributed by atoms with Crippen LogP contribution in [-0.4, -0.2) is 36.8 Å². The maximum atomic E-state index is 6.02. The highest BCUT2D eigenvalue weighted by Gasteiger charge is 2.25. The van der Waals surface area contributed by atoms with Gasteiger partial charge in [0.15, 0.2) is 0 Å². The van der Waals surface area contributed by atoms with Crippen molar-refractivity contribution in [2.75, 3.05) is 6.54 Å². The van der Waals surface area contributed by atoms with Gasteiger partial charge in [-0.1, -0.05) is 6.58 Å². The molecule has 0 radical (unpaired) electrons. The third kappa shape index (κ3) is 2.74. The van der Waals surface area contributed by atoms with Crippen LogP contribution in [0.25, 0.3) is 22.2 Å². The monoisotopic (exact) mass is 362 g/mol. The summed E-state index contributed by atoms with van der Waals surface area (Å²) in [5.41, 5.74) is 18.5. The average Bonchev–Trinajstić information content (AvgIpc) is 3.38. The van der Waals surface area contributed by atoms with Crippen molar-refractivity contribution >= 4 is 27.9 Å². The van der Waals surface area contributed by atoms with Crippen molar-refractivity contribution in [2.45, 2.75) is 19.9 Å². The second kappa shape index (κ2) is 6.48. The Labute approximate surface area is 156 Å². The van der Waals surface area contributed by atoms with Crippen LogP contribution in [0.5, 0.6) is 0 Å². The van der Waals surface area contributed by atoms with Gasteiger partial charge in [-0.05, 0) is 19.1 Å². The third-order valence-corrected chi connectivity index (χ3v) is 4.83. The quantitative estimate of drug-likeness (QED) is 0.717. The van der Waals surface area contributed by atoms with Gasteiger partial charge in [0.05, 0.1) is 45.9 Å². The summed E-state index contributed by atoms with van der Waals surface area (Å²) >= 11 is 0. The Bertz CT molecular complexity index is 1110. The number of nitrogens with zero attached hydrogens (tertiary/aromatic N) is 6. The molecule has 138 valence electrons. The van der Waals surface area contributed by atoms with E-state index in [9.17, 15) is 0 Å². The number of allylic oxidation sites excluding steroid dienone is 1. The van der Waals surface area contributed by atoms with Crippen LogP contribution in [0.4, 0.5) is 0 Å². The molecule has 0 atom stereocenters. The SMILES string of the molecule is C=C(N)c1cc2c(cnn2C)c(C2=C(CN)N=C(c3ccnn3CC)C2)n1. The van der Waals surface area contributed by atoms with E-state index < -0.39 is 0 Å². The number of nitrogens with two attached hydrogens (primary N) is 2. The Kier molecular flexibility index (Phi) is 4.12. The lowest BCUT2D eigenvalue weighted by Gasteiger charge is -2.10. The Balaban J connectivity index is 1.85. The zero-order valence-electron chi connectivity index (χ0n) is 15.5. The van der Waals surface area contributed by atoms with Crippen LogP contribution in [0.15, 0.2) is 41.8 Å². The van der Waals surface area contributed by atoms with Gasteiger partial charge in [0.25, 0.3) is 0 Å². The Hall–Kier alpha value is -3.26. The van der Waals surface area contributed by atoms with E-state index in [4.69, 9.17) is 21.4 Å². The van der Waals surface area contributed by atoms with Crippen LogP contribution in [0.1, 0.15) is 30.4 Å². The fraction of sp³-hybridized carbons (Fsp3) is 0.263. The molecule has 0 saturated heterocycles. The van der Waals surface area contributed by atoms with Gasteiger partial charge in [-0.25, -0.2) is 4.98 Å². The second-order valence-corrected chi connectivity index (χ2v) is 6.48. The van der Waals surface area contributed by atoms with Crippen LogP contribution in [0.3, 0.4) is 0 Å². The zero-order chi connectivity index (χ0) is 19.1. The standard InChI is InChI=1S/C19H22N8/c1-4-27-17(5-6-22-27)15-7-12(16(9-20)24-15)19-13-10-23-26(3)18(13)8-14(25-19)11(2)21/h5-6,8,10H,2,4,7,9,20-21H2,1,3H3. The van der Waals surface area contributed by atoms with E-state index in [2.05, 4.69) is 23.7 Å². The van der Waals surface area contributed by atoms with Crippen LogP contribution < -0.4 is 11.5 Å². The number of aromatic nitrogens is 5. The lowest BCUT2D eigenvalue weighted by molar-refractivity contribution is 0.653. The second-order valence-electron chi connectivity index (χ2n) is 6.48. The highest BCUT2D eigenvalue weighted by Crippen LogP contribution is 2.34. The number of hydrogen-bond donors (Lipinski definition) is 2. The smallest absolute Gasteiger partial charge is 0.0882 e. The molecule has 8 heteroatoms. The van der Waals surface area contributed by atoms with E-state index in [1.807, 2.05) is 30.1 Å². The molecular formula is C19H22N8. The van der Waals surface area contributed by atoms with Gasteiger partial charge in [-0.3, -0.25) is 14.4 Å².